The standard InChI is InChI=1S/C24H23FN6O2/c1-17(23-26-22(28-33-23)18-7-3-2-4-8-18)29-13-15-30(16-14-29)24(32)20-11-12-31(27-20)21-10-6-5-9-19(21)25/h2-12,17H,13-16H2,1H3. The van der Waals surface area contributed by atoms with Crippen LogP contribution in [-0.4, -0.2) is 61.8 Å². The van der Waals surface area contributed by atoms with Gasteiger partial charge in [0, 0.05) is 37.9 Å². The summed E-state index contributed by atoms with van der Waals surface area (Å²) in [6.07, 6.45) is 1.60. The van der Waals surface area contributed by atoms with E-state index in [1.165, 1.54) is 10.7 Å². The first-order valence-corrected chi connectivity index (χ1v) is 10.8. The third-order valence-electron chi connectivity index (χ3n) is 5.89. The Morgan fingerprint density at radius 1 is 1.00 bits per heavy atom. The van der Waals surface area contributed by atoms with Crippen LogP contribution in [0.3, 0.4) is 0 Å². The van der Waals surface area contributed by atoms with Crippen molar-refractivity contribution in [1.29, 1.82) is 0 Å². The van der Waals surface area contributed by atoms with Gasteiger partial charge in [0.15, 0.2) is 5.69 Å². The third-order valence-corrected chi connectivity index (χ3v) is 5.89. The average molecular weight is 446 g/mol. The van der Waals surface area contributed by atoms with Crippen LogP contribution in [0.4, 0.5) is 4.39 Å². The summed E-state index contributed by atoms with van der Waals surface area (Å²) in [5, 5.41) is 8.39. The lowest BCUT2D eigenvalue weighted by atomic mass is 10.2. The molecule has 0 saturated carbocycles. The number of para-hydroxylation sites is 1. The van der Waals surface area contributed by atoms with Crippen molar-refractivity contribution < 1.29 is 13.7 Å². The van der Waals surface area contributed by atoms with E-state index in [2.05, 4.69) is 20.1 Å². The molecule has 0 bridgehead atoms. The van der Waals surface area contributed by atoms with Gasteiger partial charge in [-0.1, -0.05) is 47.6 Å². The molecule has 1 saturated heterocycles. The van der Waals surface area contributed by atoms with E-state index in [4.69, 9.17) is 4.52 Å². The number of aromatic nitrogens is 4. The Balaban J connectivity index is 1.21. The predicted octanol–water partition coefficient (Wildman–Crippen LogP) is 3.58. The summed E-state index contributed by atoms with van der Waals surface area (Å²) < 4.78 is 20.9. The maximum atomic E-state index is 14.0. The average Bonchev–Trinajstić information content (AvgIpc) is 3.55. The van der Waals surface area contributed by atoms with Crippen LogP contribution in [0.5, 0.6) is 0 Å². The SMILES string of the molecule is CC(c1nc(-c2ccccc2)no1)N1CCN(C(=O)c2ccn(-c3ccccc3F)n2)CC1. The Kier molecular flexibility index (Phi) is 5.70. The number of hydrogen-bond acceptors (Lipinski definition) is 6. The van der Waals surface area contributed by atoms with Gasteiger partial charge in [-0.25, -0.2) is 9.07 Å². The normalized spacial score (nSPS) is 15.5. The summed E-state index contributed by atoms with van der Waals surface area (Å²) in [6.45, 7) is 4.47. The molecule has 0 N–H and O–H groups in total. The van der Waals surface area contributed by atoms with Crippen molar-refractivity contribution in [2.75, 3.05) is 26.2 Å². The monoisotopic (exact) mass is 446 g/mol. The maximum absolute atomic E-state index is 14.0. The molecular weight excluding hydrogens is 423 g/mol. The Hall–Kier alpha value is -3.85. The summed E-state index contributed by atoms with van der Waals surface area (Å²) in [7, 11) is 0. The van der Waals surface area contributed by atoms with Gasteiger partial charge in [-0.3, -0.25) is 9.69 Å². The smallest absolute Gasteiger partial charge is 0.274 e. The second kappa shape index (κ2) is 8.95. The van der Waals surface area contributed by atoms with Gasteiger partial charge in [-0.15, -0.1) is 0 Å². The Bertz CT molecular complexity index is 1250. The maximum Gasteiger partial charge on any atom is 0.274 e. The zero-order chi connectivity index (χ0) is 22.8. The summed E-state index contributed by atoms with van der Waals surface area (Å²) >= 11 is 0. The lowest BCUT2D eigenvalue weighted by Gasteiger charge is -2.36. The molecule has 1 aliphatic rings. The van der Waals surface area contributed by atoms with Crippen LogP contribution in [0.2, 0.25) is 0 Å². The van der Waals surface area contributed by atoms with E-state index >= 15 is 0 Å². The molecule has 8 nitrogen and oxygen atoms in total. The largest absolute Gasteiger partial charge is 0.337 e. The van der Waals surface area contributed by atoms with Crippen molar-refractivity contribution in [3.63, 3.8) is 0 Å². The van der Waals surface area contributed by atoms with Crippen LogP contribution in [0.15, 0.2) is 71.4 Å². The molecule has 33 heavy (non-hydrogen) atoms. The fourth-order valence-corrected chi connectivity index (χ4v) is 3.95. The minimum absolute atomic E-state index is 0.0625. The molecule has 0 spiro atoms. The van der Waals surface area contributed by atoms with Gasteiger partial charge in [0.25, 0.3) is 5.91 Å². The fourth-order valence-electron chi connectivity index (χ4n) is 3.95. The summed E-state index contributed by atoms with van der Waals surface area (Å²) in [4.78, 5) is 21.5. The number of piperazine rings is 1. The summed E-state index contributed by atoms with van der Waals surface area (Å²) in [5.74, 6) is 0.564. The molecular formula is C24H23FN6O2. The lowest BCUT2D eigenvalue weighted by molar-refractivity contribution is 0.0546. The van der Waals surface area contributed by atoms with Crippen molar-refractivity contribution in [2.24, 2.45) is 0 Å². The van der Waals surface area contributed by atoms with Crippen molar-refractivity contribution in [3.05, 3.63) is 84.3 Å². The van der Waals surface area contributed by atoms with Gasteiger partial charge >= 0.3 is 0 Å². The van der Waals surface area contributed by atoms with E-state index in [-0.39, 0.29) is 11.9 Å². The van der Waals surface area contributed by atoms with E-state index in [1.807, 2.05) is 37.3 Å². The number of rotatable bonds is 5. The number of benzene rings is 2. The van der Waals surface area contributed by atoms with Crippen molar-refractivity contribution in [2.45, 2.75) is 13.0 Å². The highest BCUT2D eigenvalue weighted by atomic mass is 19.1. The van der Waals surface area contributed by atoms with Gasteiger partial charge in [-0.2, -0.15) is 10.1 Å². The minimum Gasteiger partial charge on any atom is -0.337 e. The number of halogens is 1. The molecule has 1 aliphatic heterocycles. The molecule has 1 fully saturated rings. The van der Waals surface area contributed by atoms with E-state index in [0.717, 1.165) is 5.56 Å². The molecule has 1 unspecified atom stereocenters. The van der Waals surface area contributed by atoms with Gasteiger partial charge < -0.3 is 9.42 Å². The number of hydrogen-bond donors (Lipinski definition) is 0. The molecule has 3 heterocycles. The highest BCUT2D eigenvalue weighted by Crippen LogP contribution is 2.24. The first-order valence-electron chi connectivity index (χ1n) is 10.8. The van der Waals surface area contributed by atoms with E-state index in [1.54, 1.807) is 35.4 Å². The number of nitrogens with zero attached hydrogens (tertiary/aromatic N) is 6. The molecule has 1 amide bonds. The highest BCUT2D eigenvalue weighted by molar-refractivity contribution is 5.92. The number of amides is 1. The Morgan fingerprint density at radius 2 is 1.73 bits per heavy atom. The van der Waals surface area contributed by atoms with E-state index in [9.17, 15) is 9.18 Å². The second-order valence-electron chi connectivity index (χ2n) is 7.92. The first-order chi connectivity index (χ1) is 16.1. The van der Waals surface area contributed by atoms with Crippen LogP contribution in [0.1, 0.15) is 29.3 Å². The lowest BCUT2D eigenvalue weighted by Crippen LogP contribution is -2.49. The van der Waals surface area contributed by atoms with Gasteiger partial charge in [0.2, 0.25) is 11.7 Å². The molecule has 4 aromatic rings. The van der Waals surface area contributed by atoms with Crippen molar-refractivity contribution in [1.82, 2.24) is 29.7 Å². The van der Waals surface area contributed by atoms with Crippen molar-refractivity contribution >= 4 is 5.91 Å². The highest BCUT2D eigenvalue weighted by Gasteiger charge is 2.29. The van der Waals surface area contributed by atoms with Gasteiger partial charge in [-0.05, 0) is 25.1 Å². The quantitative estimate of drug-likeness (QED) is 0.466. The fraction of sp³-hybridized carbons (Fsp3) is 0.250. The molecule has 2 aromatic heterocycles. The Labute approximate surface area is 190 Å². The van der Waals surface area contributed by atoms with Crippen LogP contribution < -0.4 is 0 Å². The molecule has 0 radical (unpaired) electrons. The van der Waals surface area contributed by atoms with E-state index < -0.39 is 5.82 Å². The molecule has 9 heteroatoms. The Morgan fingerprint density at radius 3 is 2.48 bits per heavy atom. The minimum atomic E-state index is -0.390. The summed E-state index contributed by atoms with van der Waals surface area (Å²) in [5.41, 5.74) is 1.51. The number of carbonyl (C=O) groups is 1. The van der Waals surface area contributed by atoms with E-state index in [0.29, 0.717) is 49.3 Å². The first kappa shape index (κ1) is 21.0. The second-order valence-corrected chi connectivity index (χ2v) is 7.92. The molecule has 2 aromatic carbocycles. The molecule has 168 valence electrons. The van der Waals surface area contributed by atoms with Crippen LogP contribution in [0, 0.1) is 5.82 Å². The predicted molar refractivity (Wildman–Crippen MR) is 119 cm³/mol. The van der Waals surface area contributed by atoms with Crippen molar-refractivity contribution in [3.8, 4) is 17.1 Å². The third kappa shape index (κ3) is 4.27. The molecule has 1 atom stereocenters. The number of carbonyl (C=O) groups excluding carboxylic acids is 1. The van der Waals surface area contributed by atoms with Crippen LogP contribution >= 0.6 is 0 Å². The zero-order valence-corrected chi connectivity index (χ0v) is 18.1. The van der Waals surface area contributed by atoms with Gasteiger partial charge in [0.05, 0.1) is 6.04 Å². The van der Waals surface area contributed by atoms with Crippen LogP contribution in [-0.2, 0) is 0 Å². The van der Waals surface area contributed by atoms with Gasteiger partial charge in [0.1, 0.15) is 11.5 Å². The molecule has 0 aliphatic carbocycles. The summed E-state index contributed by atoms with van der Waals surface area (Å²) in [6, 6.07) is 17.6. The van der Waals surface area contributed by atoms with Crippen LogP contribution in [0.25, 0.3) is 17.1 Å². The topological polar surface area (TPSA) is 80.3 Å². The zero-order valence-electron chi connectivity index (χ0n) is 18.1. The molecule has 5 rings (SSSR count).